The summed E-state index contributed by atoms with van der Waals surface area (Å²) in [5.41, 5.74) is 1.14. The van der Waals surface area contributed by atoms with Gasteiger partial charge in [0.05, 0.1) is 0 Å². The van der Waals surface area contributed by atoms with Gasteiger partial charge in [0, 0.05) is 38.8 Å². The lowest BCUT2D eigenvalue weighted by atomic mass is 10.1. The lowest BCUT2D eigenvalue weighted by molar-refractivity contribution is 0.0743. The summed E-state index contributed by atoms with van der Waals surface area (Å²) in [5.74, 6) is -0.185. The quantitative estimate of drug-likeness (QED) is 0.875. The number of piperazine rings is 1. The molecular formula is C14H21FN2O. The molecule has 1 saturated heterocycles. The monoisotopic (exact) mass is 252 g/mol. The highest BCUT2D eigenvalue weighted by molar-refractivity contribution is 5.16. The van der Waals surface area contributed by atoms with E-state index in [0.717, 1.165) is 38.2 Å². The molecule has 0 saturated carbocycles. The molecule has 4 heteroatoms. The van der Waals surface area contributed by atoms with Gasteiger partial charge in [-0.3, -0.25) is 4.90 Å². The van der Waals surface area contributed by atoms with E-state index in [-0.39, 0.29) is 12.4 Å². The van der Waals surface area contributed by atoms with Gasteiger partial charge in [-0.15, -0.1) is 0 Å². The van der Waals surface area contributed by atoms with Crippen LogP contribution in [0.25, 0.3) is 0 Å². The maximum absolute atomic E-state index is 12.8. The van der Waals surface area contributed by atoms with Crippen LogP contribution in [0.1, 0.15) is 12.0 Å². The summed E-state index contributed by atoms with van der Waals surface area (Å²) >= 11 is 0. The summed E-state index contributed by atoms with van der Waals surface area (Å²) in [6.07, 6.45) is 0.816. The molecule has 1 heterocycles. The fourth-order valence-corrected chi connectivity index (χ4v) is 2.46. The highest BCUT2D eigenvalue weighted by Gasteiger charge is 2.23. The topological polar surface area (TPSA) is 26.7 Å². The number of benzene rings is 1. The third-order valence-electron chi connectivity index (χ3n) is 3.64. The van der Waals surface area contributed by atoms with Gasteiger partial charge in [0.25, 0.3) is 0 Å². The van der Waals surface area contributed by atoms with Crippen molar-refractivity contribution in [3.8, 4) is 0 Å². The summed E-state index contributed by atoms with van der Waals surface area (Å²) in [4.78, 5) is 4.67. The molecule has 1 fully saturated rings. The second kappa shape index (κ2) is 6.27. The first-order valence-electron chi connectivity index (χ1n) is 6.47. The van der Waals surface area contributed by atoms with Crippen molar-refractivity contribution in [2.75, 3.05) is 33.3 Å². The van der Waals surface area contributed by atoms with Crippen LogP contribution in [-0.4, -0.2) is 54.2 Å². The number of aliphatic hydroxyl groups is 1. The largest absolute Gasteiger partial charge is 0.396 e. The lowest BCUT2D eigenvalue weighted by Crippen LogP contribution is -2.51. The Kier molecular flexibility index (Phi) is 4.69. The zero-order valence-electron chi connectivity index (χ0n) is 10.8. The molecule has 0 amide bonds. The van der Waals surface area contributed by atoms with E-state index in [1.54, 1.807) is 0 Å². The molecule has 0 spiro atoms. The lowest BCUT2D eigenvalue weighted by Gasteiger charge is -2.39. The summed E-state index contributed by atoms with van der Waals surface area (Å²) < 4.78 is 12.8. The maximum Gasteiger partial charge on any atom is 0.123 e. The Balaban J connectivity index is 1.91. The molecule has 1 aliphatic rings. The maximum atomic E-state index is 12.8. The molecule has 0 aliphatic carbocycles. The fraction of sp³-hybridized carbons (Fsp3) is 0.571. The van der Waals surface area contributed by atoms with E-state index in [1.165, 1.54) is 12.1 Å². The van der Waals surface area contributed by atoms with Crippen molar-refractivity contribution in [1.29, 1.82) is 0 Å². The van der Waals surface area contributed by atoms with Gasteiger partial charge in [0.15, 0.2) is 0 Å². The number of hydrogen-bond donors (Lipinski definition) is 1. The van der Waals surface area contributed by atoms with Crippen LogP contribution in [0.3, 0.4) is 0 Å². The molecule has 0 bridgehead atoms. The van der Waals surface area contributed by atoms with Crippen molar-refractivity contribution >= 4 is 0 Å². The number of hydrogen-bond acceptors (Lipinski definition) is 3. The van der Waals surface area contributed by atoms with E-state index < -0.39 is 0 Å². The van der Waals surface area contributed by atoms with E-state index >= 15 is 0 Å². The summed E-state index contributed by atoms with van der Waals surface area (Å²) in [5, 5.41) is 9.06. The van der Waals surface area contributed by atoms with Crippen LogP contribution in [0, 0.1) is 5.82 Å². The Labute approximate surface area is 108 Å². The van der Waals surface area contributed by atoms with Crippen LogP contribution < -0.4 is 0 Å². The van der Waals surface area contributed by atoms with Crippen LogP contribution in [0.15, 0.2) is 24.3 Å². The number of likely N-dealkylation sites (N-methyl/N-ethyl adjacent to an activating group) is 1. The average Bonchev–Trinajstić information content (AvgIpc) is 2.37. The molecule has 1 N–H and O–H groups in total. The van der Waals surface area contributed by atoms with E-state index in [4.69, 9.17) is 5.11 Å². The average molecular weight is 252 g/mol. The molecule has 1 aliphatic heterocycles. The minimum atomic E-state index is -0.185. The minimum absolute atomic E-state index is 0.185. The summed E-state index contributed by atoms with van der Waals surface area (Å²) in [6.45, 7) is 4.10. The Morgan fingerprint density at radius 1 is 1.28 bits per heavy atom. The number of rotatable bonds is 4. The van der Waals surface area contributed by atoms with Gasteiger partial charge in [-0.05, 0) is 31.2 Å². The molecule has 3 nitrogen and oxygen atoms in total. The number of aliphatic hydroxyl groups excluding tert-OH is 1. The Morgan fingerprint density at radius 2 is 2.00 bits per heavy atom. The van der Waals surface area contributed by atoms with Crippen molar-refractivity contribution in [2.45, 2.75) is 19.0 Å². The van der Waals surface area contributed by atoms with E-state index in [9.17, 15) is 4.39 Å². The van der Waals surface area contributed by atoms with Crippen molar-refractivity contribution in [1.82, 2.24) is 9.80 Å². The smallest absolute Gasteiger partial charge is 0.123 e. The third-order valence-corrected chi connectivity index (χ3v) is 3.64. The molecule has 0 aromatic heterocycles. The highest BCUT2D eigenvalue weighted by Crippen LogP contribution is 2.14. The molecule has 0 radical (unpaired) electrons. The molecule has 1 aromatic rings. The van der Waals surface area contributed by atoms with Crippen molar-refractivity contribution in [3.05, 3.63) is 35.6 Å². The first kappa shape index (κ1) is 13.5. The fourth-order valence-electron chi connectivity index (χ4n) is 2.46. The first-order valence-corrected chi connectivity index (χ1v) is 6.47. The van der Waals surface area contributed by atoms with Gasteiger partial charge in [0.1, 0.15) is 5.82 Å². The SMILES string of the molecule is CN1CCN(Cc2ccc(F)cc2)CC1CCO. The molecular weight excluding hydrogens is 231 g/mol. The Morgan fingerprint density at radius 3 is 2.67 bits per heavy atom. The highest BCUT2D eigenvalue weighted by atomic mass is 19.1. The van der Waals surface area contributed by atoms with Crippen molar-refractivity contribution < 1.29 is 9.50 Å². The molecule has 2 rings (SSSR count). The Bertz CT molecular complexity index is 369. The van der Waals surface area contributed by atoms with Crippen LogP contribution in [0.2, 0.25) is 0 Å². The second-order valence-corrected chi connectivity index (χ2v) is 5.01. The molecule has 18 heavy (non-hydrogen) atoms. The van der Waals surface area contributed by atoms with Gasteiger partial charge in [-0.25, -0.2) is 4.39 Å². The number of nitrogens with zero attached hydrogens (tertiary/aromatic N) is 2. The van der Waals surface area contributed by atoms with Gasteiger partial charge in [0.2, 0.25) is 0 Å². The van der Waals surface area contributed by atoms with Crippen LogP contribution >= 0.6 is 0 Å². The van der Waals surface area contributed by atoms with Crippen molar-refractivity contribution in [3.63, 3.8) is 0 Å². The van der Waals surface area contributed by atoms with E-state index in [0.29, 0.717) is 6.04 Å². The van der Waals surface area contributed by atoms with Gasteiger partial charge in [-0.1, -0.05) is 12.1 Å². The normalized spacial score (nSPS) is 22.3. The van der Waals surface area contributed by atoms with Crippen LogP contribution in [-0.2, 0) is 6.54 Å². The zero-order chi connectivity index (χ0) is 13.0. The van der Waals surface area contributed by atoms with Gasteiger partial charge < -0.3 is 10.0 Å². The van der Waals surface area contributed by atoms with Crippen LogP contribution in [0.5, 0.6) is 0 Å². The second-order valence-electron chi connectivity index (χ2n) is 5.01. The third kappa shape index (κ3) is 3.51. The molecule has 100 valence electrons. The number of halogens is 1. The molecule has 1 atom stereocenters. The predicted molar refractivity (Wildman–Crippen MR) is 69.8 cm³/mol. The zero-order valence-corrected chi connectivity index (χ0v) is 10.8. The first-order chi connectivity index (χ1) is 8.69. The van der Waals surface area contributed by atoms with E-state index in [1.807, 2.05) is 12.1 Å². The minimum Gasteiger partial charge on any atom is -0.396 e. The van der Waals surface area contributed by atoms with Gasteiger partial charge >= 0.3 is 0 Å². The summed E-state index contributed by atoms with van der Waals surface area (Å²) in [6, 6.07) is 7.13. The molecule has 1 aromatic carbocycles. The predicted octanol–water partition coefficient (Wildman–Crippen LogP) is 1.32. The standard InChI is InChI=1S/C14H21FN2O/c1-16-7-8-17(11-14(16)6-9-18)10-12-2-4-13(15)5-3-12/h2-5,14,18H,6-11H2,1H3. The van der Waals surface area contributed by atoms with Crippen molar-refractivity contribution in [2.24, 2.45) is 0 Å². The van der Waals surface area contributed by atoms with Crippen LogP contribution in [0.4, 0.5) is 4.39 Å². The van der Waals surface area contributed by atoms with Gasteiger partial charge in [-0.2, -0.15) is 0 Å². The summed E-state index contributed by atoms with van der Waals surface area (Å²) in [7, 11) is 2.11. The Hall–Kier alpha value is -0.970. The molecule has 1 unspecified atom stereocenters. The van der Waals surface area contributed by atoms with E-state index in [2.05, 4.69) is 16.8 Å².